The number of likely N-dealkylation sites (tertiary alicyclic amines) is 1. The van der Waals surface area contributed by atoms with Gasteiger partial charge in [0.1, 0.15) is 11.6 Å². The van der Waals surface area contributed by atoms with Crippen LogP contribution < -0.4 is 10.6 Å². The number of nitrogens with zero attached hydrogens (tertiary/aromatic N) is 2. The Morgan fingerprint density at radius 2 is 1.79 bits per heavy atom. The highest BCUT2D eigenvalue weighted by atomic mass is 19.1. The summed E-state index contributed by atoms with van der Waals surface area (Å²) in [4.78, 5) is 31.3. The maximum Gasteiger partial charge on any atom is 0.237 e. The highest BCUT2D eigenvalue weighted by Crippen LogP contribution is 2.21. The average Bonchev–Trinajstić information content (AvgIpc) is 2.74. The summed E-state index contributed by atoms with van der Waals surface area (Å²) in [6.07, 6.45) is 3.04. The van der Waals surface area contributed by atoms with Crippen molar-refractivity contribution in [1.29, 1.82) is 0 Å². The van der Waals surface area contributed by atoms with Gasteiger partial charge in [0, 0.05) is 12.1 Å². The number of benzene rings is 1. The van der Waals surface area contributed by atoms with Crippen LogP contribution in [0.15, 0.2) is 48.7 Å². The summed E-state index contributed by atoms with van der Waals surface area (Å²) in [6.45, 7) is 5.12. The molecule has 0 aliphatic carbocycles. The maximum atomic E-state index is 13.1. The molecule has 2 amide bonds. The quantitative estimate of drug-likeness (QED) is 0.784. The topological polar surface area (TPSA) is 74.3 Å². The van der Waals surface area contributed by atoms with E-state index in [0.717, 1.165) is 5.56 Å². The zero-order valence-corrected chi connectivity index (χ0v) is 16.8. The maximum absolute atomic E-state index is 13.1. The molecule has 1 saturated heterocycles. The molecule has 154 valence electrons. The molecule has 2 aromatic rings. The van der Waals surface area contributed by atoms with E-state index in [1.165, 1.54) is 12.1 Å². The SMILES string of the molecule is CC(NC(=O)C(C)N1CCC(C(=O)Nc2ccccn2)CC1)c1ccc(F)cc1. The van der Waals surface area contributed by atoms with Crippen molar-refractivity contribution in [3.63, 3.8) is 0 Å². The van der Waals surface area contributed by atoms with E-state index in [1.54, 1.807) is 30.5 Å². The zero-order chi connectivity index (χ0) is 20.8. The van der Waals surface area contributed by atoms with Crippen molar-refractivity contribution in [2.45, 2.75) is 38.8 Å². The van der Waals surface area contributed by atoms with Crippen molar-refractivity contribution in [2.75, 3.05) is 18.4 Å². The van der Waals surface area contributed by atoms with E-state index in [9.17, 15) is 14.0 Å². The zero-order valence-electron chi connectivity index (χ0n) is 16.8. The Morgan fingerprint density at radius 1 is 1.10 bits per heavy atom. The van der Waals surface area contributed by atoms with E-state index >= 15 is 0 Å². The molecule has 1 aliphatic heterocycles. The smallest absolute Gasteiger partial charge is 0.237 e. The predicted molar refractivity (Wildman–Crippen MR) is 110 cm³/mol. The lowest BCUT2D eigenvalue weighted by molar-refractivity contribution is -0.127. The summed E-state index contributed by atoms with van der Waals surface area (Å²) in [7, 11) is 0. The summed E-state index contributed by atoms with van der Waals surface area (Å²) < 4.78 is 13.1. The van der Waals surface area contributed by atoms with Gasteiger partial charge in [-0.2, -0.15) is 0 Å². The Balaban J connectivity index is 1.47. The minimum atomic E-state index is -0.296. The number of anilines is 1. The second-order valence-corrected chi connectivity index (χ2v) is 7.47. The van der Waals surface area contributed by atoms with Crippen LogP contribution in [-0.2, 0) is 9.59 Å². The van der Waals surface area contributed by atoms with Crippen LogP contribution in [-0.4, -0.2) is 40.8 Å². The molecule has 1 fully saturated rings. The predicted octanol–water partition coefficient (Wildman–Crippen LogP) is 3.14. The molecule has 1 aromatic heterocycles. The molecule has 2 atom stereocenters. The van der Waals surface area contributed by atoms with Gasteiger partial charge < -0.3 is 10.6 Å². The minimum Gasteiger partial charge on any atom is -0.348 e. The van der Waals surface area contributed by atoms with E-state index < -0.39 is 0 Å². The Morgan fingerprint density at radius 3 is 2.41 bits per heavy atom. The molecule has 1 aromatic carbocycles. The first-order valence-electron chi connectivity index (χ1n) is 9.96. The van der Waals surface area contributed by atoms with Gasteiger partial charge in [0.25, 0.3) is 0 Å². The summed E-state index contributed by atoms with van der Waals surface area (Å²) in [5, 5.41) is 5.84. The number of nitrogens with one attached hydrogen (secondary N) is 2. The van der Waals surface area contributed by atoms with Crippen molar-refractivity contribution in [1.82, 2.24) is 15.2 Å². The standard InChI is InChI=1S/C22H27FN4O2/c1-15(17-6-8-19(23)9-7-17)25-21(28)16(2)27-13-10-18(11-14-27)22(29)26-20-5-3-4-12-24-20/h3-9,12,15-16,18H,10-11,13-14H2,1-2H3,(H,25,28)(H,24,26,29). The number of pyridine rings is 1. The van der Waals surface area contributed by atoms with Gasteiger partial charge in [-0.1, -0.05) is 18.2 Å². The minimum absolute atomic E-state index is 0.0228. The first-order valence-corrected chi connectivity index (χ1v) is 9.96. The fourth-order valence-electron chi connectivity index (χ4n) is 3.55. The number of hydrogen-bond acceptors (Lipinski definition) is 4. The fraction of sp³-hybridized carbons (Fsp3) is 0.409. The van der Waals surface area contributed by atoms with E-state index in [1.807, 2.05) is 19.9 Å². The Hall–Kier alpha value is -2.80. The molecule has 6 nitrogen and oxygen atoms in total. The van der Waals surface area contributed by atoms with Crippen molar-refractivity contribution >= 4 is 17.6 Å². The highest BCUT2D eigenvalue weighted by Gasteiger charge is 2.30. The number of piperidine rings is 1. The van der Waals surface area contributed by atoms with Crippen molar-refractivity contribution in [2.24, 2.45) is 5.92 Å². The lowest BCUT2D eigenvalue weighted by Gasteiger charge is -2.35. The highest BCUT2D eigenvalue weighted by molar-refractivity contribution is 5.91. The Bertz CT molecular complexity index is 820. The van der Waals surface area contributed by atoms with Crippen molar-refractivity contribution in [3.05, 3.63) is 60.0 Å². The lowest BCUT2D eigenvalue weighted by atomic mass is 9.95. The molecule has 0 spiro atoms. The van der Waals surface area contributed by atoms with Crippen LogP contribution in [0.25, 0.3) is 0 Å². The third-order valence-corrected chi connectivity index (χ3v) is 5.47. The Labute approximate surface area is 170 Å². The number of hydrogen-bond donors (Lipinski definition) is 2. The number of carbonyl (C=O) groups excluding carboxylic acids is 2. The number of rotatable bonds is 6. The first-order chi connectivity index (χ1) is 13.9. The van der Waals surface area contributed by atoms with Crippen LogP contribution in [0.5, 0.6) is 0 Å². The molecule has 2 heterocycles. The molecule has 0 saturated carbocycles. The third-order valence-electron chi connectivity index (χ3n) is 5.47. The number of halogens is 1. The molecule has 0 bridgehead atoms. The van der Waals surface area contributed by atoms with Gasteiger partial charge in [-0.05, 0) is 69.6 Å². The van der Waals surface area contributed by atoms with Gasteiger partial charge in [-0.3, -0.25) is 14.5 Å². The molecule has 29 heavy (non-hydrogen) atoms. The van der Waals surface area contributed by atoms with Gasteiger partial charge in [0.2, 0.25) is 11.8 Å². The monoisotopic (exact) mass is 398 g/mol. The molecule has 2 N–H and O–H groups in total. The van der Waals surface area contributed by atoms with E-state index in [0.29, 0.717) is 31.7 Å². The van der Waals surface area contributed by atoms with Crippen molar-refractivity contribution in [3.8, 4) is 0 Å². The normalized spacial score (nSPS) is 17.3. The second-order valence-electron chi connectivity index (χ2n) is 7.47. The molecule has 7 heteroatoms. The molecular weight excluding hydrogens is 371 g/mol. The molecule has 3 rings (SSSR count). The average molecular weight is 398 g/mol. The van der Waals surface area contributed by atoms with Crippen LogP contribution in [0.3, 0.4) is 0 Å². The van der Waals surface area contributed by atoms with Crippen molar-refractivity contribution < 1.29 is 14.0 Å². The van der Waals surface area contributed by atoms with Crippen LogP contribution in [0.1, 0.15) is 38.3 Å². The largest absolute Gasteiger partial charge is 0.348 e. The van der Waals surface area contributed by atoms with Gasteiger partial charge in [0.05, 0.1) is 12.1 Å². The number of aromatic nitrogens is 1. The van der Waals surface area contributed by atoms with Gasteiger partial charge in [-0.25, -0.2) is 9.37 Å². The van der Waals surface area contributed by atoms with Crippen LogP contribution >= 0.6 is 0 Å². The van der Waals surface area contributed by atoms with E-state index in [4.69, 9.17) is 0 Å². The third kappa shape index (κ3) is 5.60. The summed E-state index contributed by atoms with van der Waals surface area (Å²) >= 11 is 0. The van der Waals surface area contributed by atoms with Gasteiger partial charge >= 0.3 is 0 Å². The summed E-state index contributed by atoms with van der Waals surface area (Å²) in [5.74, 6) is 0.0864. The molecule has 1 aliphatic rings. The fourth-order valence-corrected chi connectivity index (χ4v) is 3.55. The van der Waals surface area contributed by atoms with E-state index in [-0.39, 0.29) is 35.6 Å². The summed E-state index contributed by atoms with van der Waals surface area (Å²) in [5.41, 5.74) is 0.858. The summed E-state index contributed by atoms with van der Waals surface area (Å²) in [6, 6.07) is 11.0. The van der Waals surface area contributed by atoms with Gasteiger partial charge in [-0.15, -0.1) is 0 Å². The molecular formula is C22H27FN4O2. The number of amides is 2. The lowest BCUT2D eigenvalue weighted by Crippen LogP contribution is -2.49. The Kier molecular flexibility index (Phi) is 6.93. The van der Waals surface area contributed by atoms with E-state index in [2.05, 4.69) is 20.5 Å². The van der Waals surface area contributed by atoms with Crippen LogP contribution in [0, 0.1) is 11.7 Å². The first kappa shape index (κ1) is 20.9. The van der Waals surface area contributed by atoms with Crippen LogP contribution in [0.2, 0.25) is 0 Å². The molecule has 2 unspecified atom stereocenters. The second kappa shape index (κ2) is 9.60. The van der Waals surface area contributed by atoms with Gasteiger partial charge in [0.15, 0.2) is 0 Å². The van der Waals surface area contributed by atoms with Crippen LogP contribution in [0.4, 0.5) is 10.2 Å². The number of carbonyl (C=O) groups is 2. The molecule has 0 radical (unpaired) electrons.